The standard InChI is InChI=1S/C25H24F2N8O2/c1-37-23-20(26)10-16(11-21(23)27)25(36)34-8-6-33(7-9-34)14-18(2-4-28)35-13-17(12-32-35)22-19-3-5-29-24(19)31-15-30-22/h3,5,10-13,15,18H,2,6-9,14H2,1H3,(H,29,30,31). The normalized spacial score (nSPS) is 15.0. The Hall–Kier alpha value is -4.37. The maximum atomic E-state index is 14.1. The molecule has 4 aromatic rings. The molecule has 5 rings (SSSR count). The smallest absolute Gasteiger partial charge is 0.254 e. The second-order valence-corrected chi connectivity index (χ2v) is 8.75. The molecule has 0 spiro atoms. The number of aromatic nitrogens is 5. The summed E-state index contributed by atoms with van der Waals surface area (Å²) in [6, 6.07) is 5.93. The molecule has 0 saturated carbocycles. The van der Waals surface area contributed by atoms with Gasteiger partial charge in [0.15, 0.2) is 17.4 Å². The number of aromatic amines is 1. The zero-order valence-corrected chi connectivity index (χ0v) is 20.1. The second-order valence-electron chi connectivity index (χ2n) is 8.75. The molecule has 12 heteroatoms. The summed E-state index contributed by atoms with van der Waals surface area (Å²) in [4.78, 5) is 28.2. The lowest BCUT2D eigenvalue weighted by Crippen LogP contribution is -2.50. The van der Waals surface area contributed by atoms with E-state index in [0.29, 0.717) is 32.7 Å². The van der Waals surface area contributed by atoms with Gasteiger partial charge in [-0.15, -0.1) is 0 Å². The van der Waals surface area contributed by atoms with Crippen LogP contribution in [0.4, 0.5) is 8.78 Å². The molecule has 4 heterocycles. The van der Waals surface area contributed by atoms with Gasteiger partial charge in [0.05, 0.1) is 37.5 Å². The first-order chi connectivity index (χ1) is 18.0. The summed E-state index contributed by atoms with van der Waals surface area (Å²) >= 11 is 0. The highest BCUT2D eigenvalue weighted by Crippen LogP contribution is 2.26. The van der Waals surface area contributed by atoms with Gasteiger partial charge in [0.1, 0.15) is 12.0 Å². The molecule has 37 heavy (non-hydrogen) atoms. The third-order valence-corrected chi connectivity index (χ3v) is 6.51. The number of methoxy groups -OCH3 is 1. The number of benzene rings is 1. The van der Waals surface area contributed by atoms with Crippen molar-refractivity contribution < 1.29 is 18.3 Å². The van der Waals surface area contributed by atoms with Crippen LogP contribution in [0.3, 0.4) is 0 Å². The second kappa shape index (κ2) is 10.3. The average molecular weight is 507 g/mol. The molecule has 1 unspecified atom stereocenters. The molecule has 1 aliphatic heterocycles. The van der Waals surface area contributed by atoms with E-state index in [4.69, 9.17) is 0 Å². The molecule has 1 saturated heterocycles. The van der Waals surface area contributed by atoms with Crippen LogP contribution in [-0.2, 0) is 0 Å². The van der Waals surface area contributed by atoms with E-state index in [1.165, 1.54) is 13.4 Å². The number of carbonyl (C=O) groups excluding carboxylic acids is 1. The van der Waals surface area contributed by atoms with Gasteiger partial charge >= 0.3 is 0 Å². The summed E-state index contributed by atoms with van der Waals surface area (Å²) in [5, 5.41) is 14.8. The number of nitrogens with one attached hydrogen (secondary N) is 1. The van der Waals surface area contributed by atoms with Crippen LogP contribution in [0, 0.1) is 23.0 Å². The number of nitriles is 1. The highest BCUT2D eigenvalue weighted by atomic mass is 19.1. The Kier molecular flexibility index (Phi) is 6.78. The van der Waals surface area contributed by atoms with Crippen LogP contribution >= 0.6 is 0 Å². The van der Waals surface area contributed by atoms with E-state index in [-0.39, 0.29) is 18.0 Å². The number of rotatable bonds is 7. The minimum Gasteiger partial charge on any atom is -0.491 e. The van der Waals surface area contributed by atoms with E-state index in [1.54, 1.807) is 22.0 Å². The number of piperazine rings is 1. The van der Waals surface area contributed by atoms with E-state index in [2.05, 4.69) is 35.8 Å². The monoisotopic (exact) mass is 506 g/mol. The van der Waals surface area contributed by atoms with Crippen molar-refractivity contribution in [3.05, 3.63) is 60.3 Å². The van der Waals surface area contributed by atoms with Crippen molar-refractivity contribution in [2.24, 2.45) is 0 Å². The van der Waals surface area contributed by atoms with E-state index in [0.717, 1.165) is 34.4 Å². The van der Waals surface area contributed by atoms with Crippen molar-refractivity contribution in [3.8, 4) is 23.1 Å². The number of carbonyl (C=O) groups is 1. The van der Waals surface area contributed by atoms with Crippen molar-refractivity contribution in [2.45, 2.75) is 12.5 Å². The van der Waals surface area contributed by atoms with Crippen molar-refractivity contribution in [1.29, 1.82) is 5.26 Å². The predicted octanol–water partition coefficient (Wildman–Crippen LogP) is 3.02. The predicted molar refractivity (Wildman–Crippen MR) is 130 cm³/mol. The van der Waals surface area contributed by atoms with Gasteiger partial charge in [0.25, 0.3) is 5.91 Å². The first-order valence-corrected chi connectivity index (χ1v) is 11.7. The summed E-state index contributed by atoms with van der Waals surface area (Å²) in [6.45, 7) is 2.46. The summed E-state index contributed by atoms with van der Waals surface area (Å²) in [7, 11) is 1.17. The minimum absolute atomic E-state index is 0.0584. The maximum absolute atomic E-state index is 14.1. The molecule has 3 aromatic heterocycles. The lowest BCUT2D eigenvalue weighted by molar-refractivity contribution is 0.0616. The topological polar surface area (TPSA) is 116 Å². The largest absolute Gasteiger partial charge is 0.491 e. The third-order valence-electron chi connectivity index (χ3n) is 6.51. The van der Waals surface area contributed by atoms with Crippen LogP contribution < -0.4 is 4.74 Å². The summed E-state index contributed by atoms with van der Waals surface area (Å²) < 4.78 is 34.6. The zero-order valence-electron chi connectivity index (χ0n) is 20.1. The number of hydrogen-bond donors (Lipinski definition) is 1. The minimum atomic E-state index is -0.915. The lowest BCUT2D eigenvalue weighted by Gasteiger charge is -2.36. The van der Waals surface area contributed by atoms with Crippen molar-refractivity contribution in [3.63, 3.8) is 0 Å². The Balaban J connectivity index is 1.24. The van der Waals surface area contributed by atoms with Crippen molar-refractivity contribution in [1.82, 2.24) is 34.5 Å². The zero-order chi connectivity index (χ0) is 25.9. The van der Waals surface area contributed by atoms with E-state index >= 15 is 0 Å². The van der Waals surface area contributed by atoms with Crippen LogP contribution in [-0.4, -0.2) is 80.3 Å². The number of H-pyrrole nitrogens is 1. The highest BCUT2D eigenvalue weighted by molar-refractivity contribution is 5.94. The maximum Gasteiger partial charge on any atom is 0.254 e. The Bertz CT molecular complexity index is 1450. The molecule has 0 aliphatic carbocycles. The third kappa shape index (κ3) is 4.85. The lowest BCUT2D eigenvalue weighted by atomic mass is 10.1. The first kappa shape index (κ1) is 24.3. The van der Waals surface area contributed by atoms with E-state index in [9.17, 15) is 18.8 Å². The fourth-order valence-corrected chi connectivity index (χ4v) is 4.60. The van der Waals surface area contributed by atoms with Gasteiger partial charge in [0.2, 0.25) is 0 Å². The number of amides is 1. The summed E-state index contributed by atoms with van der Waals surface area (Å²) in [5.74, 6) is -2.78. The summed E-state index contributed by atoms with van der Waals surface area (Å²) in [5.41, 5.74) is 2.26. The van der Waals surface area contributed by atoms with Crippen molar-refractivity contribution >= 4 is 16.9 Å². The van der Waals surface area contributed by atoms with E-state index < -0.39 is 23.3 Å². The Morgan fingerprint density at radius 2 is 1.97 bits per heavy atom. The number of fused-ring (bicyclic) bond motifs is 1. The fourth-order valence-electron chi connectivity index (χ4n) is 4.60. The molecular formula is C25H24F2N8O2. The van der Waals surface area contributed by atoms with Crippen LogP contribution in [0.1, 0.15) is 22.8 Å². The van der Waals surface area contributed by atoms with Crippen LogP contribution in [0.15, 0.2) is 43.1 Å². The van der Waals surface area contributed by atoms with Crippen LogP contribution in [0.2, 0.25) is 0 Å². The quantitative estimate of drug-likeness (QED) is 0.410. The molecule has 10 nitrogen and oxygen atoms in total. The molecule has 0 radical (unpaired) electrons. The Labute approximate surface area is 211 Å². The molecule has 1 aromatic carbocycles. The van der Waals surface area contributed by atoms with Crippen LogP contribution in [0.25, 0.3) is 22.3 Å². The molecule has 1 N–H and O–H groups in total. The molecular weight excluding hydrogens is 482 g/mol. The number of hydrogen-bond acceptors (Lipinski definition) is 7. The highest BCUT2D eigenvalue weighted by Gasteiger charge is 2.26. The molecule has 1 amide bonds. The summed E-state index contributed by atoms with van der Waals surface area (Å²) in [6.07, 6.45) is 7.16. The first-order valence-electron chi connectivity index (χ1n) is 11.7. The van der Waals surface area contributed by atoms with Crippen molar-refractivity contribution in [2.75, 3.05) is 39.8 Å². The van der Waals surface area contributed by atoms with E-state index in [1.807, 2.05) is 12.3 Å². The molecule has 190 valence electrons. The molecule has 1 atom stereocenters. The van der Waals surface area contributed by atoms with Crippen LogP contribution in [0.5, 0.6) is 5.75 Å². The van der Waals surface area contributed by atoms with Gasteiger partial charge in [-0.05, 0) is 18.2 Å². The molecule has 1 aliphatic rings. The number of halogens is 2. The number of nitrogens with zero attached hydrogens (tertiary/aromatic N) is 7. The van der Waals surface area contributed by atoms with Gasteiger partial charge in [0, 0.05) is 61.6 Å². The molecule has 0 bridgehead atoms. The van der Waals surface area contributed by atoms with Gasteiger partial charge in [-0.25, -0.2) is 18.7 Å². The van der Waals surface area contributed by atoms with Gasteiger partial charge in [-0.1, -0.05) is 0 Å². The molecule has 1 fully saturated rings. The van der Waals surface area contributed by atoms with Gasteiger partial charge < -0.3 is 14.6 Å². The van der Waals surface area contributed by atoms with Gasteiger partial charge in [-0.3, -0.25) is 14.4 Å². The Morgan fingerprint density at radius 3 is 2.68 bits per heavy atom. The number of ether oxygens (including phenoxy) is 1. The van der Waals surface area contributed by atoms with Gasteiger partial charge in [-0.2, -0.15) is 10.4 Å². The SMILES string of the molecule is COc1c(F)cc(C(=O)N2CCN(CC(CC#N)n3cc(-c4ncnc5[nH]ccc45)cn3)CC2)cc1F. The Morgan fingerprint density at radius 1 is 1.22 bits per heavy atom. The average Bonchev–Trinajstić information content (AvgIpc) is 3.58. The fraction of sp³-hybridized carbons (Fsp3) is 0.320.